The molecule has 35 heavy (non-hydrogen) atoms. The third-order valence-electron chi connectivity index (χ3n) is 5.76. The minimum absolute atomic E-state index is 0.0301. The van der Waals surface area contributed by atoms with Crippen LogP contribution in [0.25, 0.3) is 22.4 Å². The maximum Gasteiger partial charge on any atom is 0.277 e. The monoisotopic (exact) mass is 480 g/mol. The zero-order valence-corrected chi connectivity index (χ0v) is 18.9. The first-order valence-corrected chi connectivity index (χ1v) is 11.7. The summed E-state index contributed by atoms with van der Waals surface area (Å²) in [4.78, 5) is 41.3. The van der Waals surface area contributed by atoms with Gasteiger partial charge in [0.05, 0.1) is 11.3 Å². The highest BCUT2D eigenvalue weighted by Gasteiger charge is 2.29. The van der Waals surface area contributed by atoms with Gasteiger partial charge in [0.1, 0.15) is 0 Å². The van der Waals surface area contributed by atoms with Crippen molar-refractivity contribution in [3.05, 3.63) is 95.2 Å². The van der Waals surface area contributed by atoms with Crippen LogP contribution in [0.5, 0.6) is 0 Å². The maximum atomic E-state index is 12.9. The molecule has 0 saturated heterocycles. The molecule has 0 radical (unpaired) electrons. The molecular weight excluding hydrogens is 464 g/mol. The lowest BCUT2D eigenvalue weighted by atomic mass is 9.84. The van der Waals surface area contributed by atoms with Gasteiger partial charge in [-0.1, -0.05) is 54.2 Å². The fourth-order valence-corrected chi connectivity index (χ4v) is 4.69. The summed E-state index contributed by atoms with van der Waals surface area (Å²) in [5.74, 6) is -0.356. The Labute approximate surface area is 202 Å². The molecule has 5 aromatic rings. The van der Waals surface area contributed by atoms with Crippen molar-refractivity contribution in [2.45, 2.75) is 5.22 Å². The number of rotatable bonds is 5. The van der Waals surface area contributed by atoms with Crippen molar-refractivity contribution in [1.29, 1.82) is 0 Å². The van der Waals surface area contributed by atoms with E-state index in [1.165, 1.54) is 6.07 Å². The summed E-state index contributed by atoms with van der Waals surface area (Å²) in [5.41, 5.74) is 3.55. The molecule has 1 aliphatic rings. The van der Waals surface area contributed by atoms with Crippen LogP contribution in [-0.2, 0) is 4.79 Å². The summed E-state index contributed by atoms with van der Waals surface area (Å²) < 4.78 is 5.73. The van der Waals surface area contributed by atoms with E-state index in [1.807, 2.05) is 24.3 Å². The van der Waals surface area contributed by atoms with E-state index in [-0.39, 0.29) is 34.0 Å². The number of hydrogen-bond donors (Lipinski definition) is 2. The molecule has 1 amide bonds. The van der Waals surface area contributed by atoms with Gasteiger partial charge in [0, 0.05) is 45.0 Å². The number of ketones is 2. The summed E-state index contributed by atoms with van der Waals surface area (Å²) in [6.07, 6.45) is 1.81. The van der Waals surface area contributed by atoms with Crippen LogP contribution in [0.2, 0.25) is 0 Å². The van der Waals surface area contributed by atoms with Crippen LogP contribution in [0.3, 0.4) is 0 Å². The molecule has 0 fully saturated rings. The number of fused-ring (bicyclic) bond motifs is 3. The molecule has 2 heterocycles. The smallest absolute Gasteiger partial charge is 0.277 e. The summed E-state index contributed by atoms with van der Waals surface area (Å²) in [6.45, 7) is 0. The Bertz CT molecular complexity index is 1650. The Hall–Kier alpha value is -4.50. The van der Waals surface area contributed by atoms with E-state index in [4.69, 9.17) is 4.42 Å². The van der Waals surface area contributed by atoms with Crippen molar-refractivity contribution < 1.29 is 18.8 Å². The molecule has 2 N–H and O–H groups in total. The zero-order valence-electron chi connectivity index (χ0n) is 18.1. The van der Waals surface area contributed by atoms with Crippen LogP contribution in [-0.4, -0.2) is 38.4 Å². The van der Waals surface area contributed by atoms with Crippen molar-refractivity contribution in [3.63, 3.8) is 0 Å². The highest BCUT2D eigenvalue weighted by atomic mass is 32.2. The largest absolute Gasteiger partial charge is 0.411 e. The number of aromatic nitrogens is 3. The Balaban J connectivity index is 1.14. The fourth-order valence-electron chi connectivity index (χ4n) is 4.13. The molecule has 8 nitrogen and oxygen atoms in total. The Morgan fingerprint density at radius 3 is 2.40 bits per heavy atom. The van der Waals surface area contributed by atoms with Crippen molar-refractivity contribution in [1.82, 2.24) is 15.2 Å². The number of thioether (sulfide) groups is 1. The predicted molar refractivity (Wildman–Crippen MR) is 131 cm³/mol. The number of nitrogens with one attached hydrogen (secondary N) is 2. The first-order chi connectivity index (χ1) is 17.1. The quantitative estimate of drug-likeness (QED) is 0.343. The van der Waals surface area contributed by atoms with Gasteiger partial charge in [-0.05, 0) is 24.3 Å². The summed E-state index contributed by atoms with van der Waals surface area (Å²) in [6, 6.07) is 19.2. The van der Waals surface area contributed by atoms with Gasteiger partial charge in [0.2, 0.25) is 5.91 Å². The van der Waals surface area contributed by atoms with E-state index in [1.54, 1.807) is 42.6 Å². The van der Waals surface area contributed by atoms with E-state index in [0.717, 1.165) is 28.2 Å². The molecule has 0 unspecified atom stereocenters. The van der Waals surface area contributed by atoms with Crippen molar-refractivity contribution in [2.75, 3.05) is 11.1 Å². The Morgan fingerprint density at radius 2 is 1.57 bits per heavy atom. The highest BCUT2D eigenvalue weighted by Crippen LogP contribution is 2.31. The van der Waals surface area contributed by atoms with E-state index >= 15 is 0 Å². The average molecular weight is 481 g/mol. The van der Waals surface area contributed by atoms with E-state index in [2.05, 4.69) is 20.5 Å². The number of H-pyrrole nitrogens is 1. The minimum atomic E-state index is -0.309. The minimum Gasteiger partial charge on any atom is -0.411 e. The van der Waals surface area contributed by atoms with Gasteiger partial charge >= 0.3 is 0 Å². The lowest BCUT2D eigenvalue weighted by Gasteiger charge is -2.18. The molecule has 3 aromatic carbocycles. The van der Waals surface area contributed by atoms with Crippen molar-refractivity contribution >= 4 is 45.8 Å². The highest BCUT2D eigenvalue weighted by molar-refractivity contribution is 7.99. The first kappa shape index (κ1) is 21.1. The number of carbonyl (C=O) groups is 3. The van der Waals surface area contributed by atoms with Gasteiger partial charge in [-0.25, -0.2) is 0 Å². The van der Waals surface area contributed by atoms with Gasteiger partial charge in [-0.3, -0.25) is 14.4 Å². The standard InChI is InChI=1S/C26H16N4O4S/c31-22(13-35-26-30-29-25(34-26)20-12-27-21-8-4-3-5-15(20)21)28-14-9-10-18-19(11-14)24(33)17-7-2-1-6-16(17)23(18)32/h1-12,27H,13H2,(H,28,31). The molecule has 0 atom stereocenters. The molecule has 9 heteroatoms. The van der Waals surface area contributed by atoms with Crippen molar-refractivity contribution in [2.24, 2.45) is 0 Å². The molecular formula is C26H16N4O4S. The number of aromatic amines is 1. The van der Waals surface area contributed by atoms with E-state index < -0.39 is 0 Å². The zero-order chi connectivity index (χ0) is 23.9. The SMILES string of the molecule is O=C(CSc1nnc(-c2c[nH]c3ccccc23)o1)Nc1ccc2c(c1)C(=O)c1ccccc1C2=O. The van der Waals surface area contributed by atoms with Crippen molar-refractivity contribution in [3.8, 4) is 11.5 Å². The summed E-state index contributed by atoms with van der Waals surface area (Å²) in [7, 11) is 0. The fraction of sp³-hybridized carbons (Fsp3) is 0.0385. The number of amides is 1. The number of anilines is 1. The van der Waals surface area contributed by atoms with Crippen LogP contribution in [0.4, 0.5) is 5.69 Å². The third kappa shape index (κ3) is 3.71. The first-order valence-electron chi connectivity index (χ1n) is 10.7. The van der Waals surface area contributed by atoms with Gasteiger partial charge in [-0.15, -0.1) is 10.2 Å². The number of benzene rings is 3. The lowest BCUT2D eigenvalue weighted by Crippen LogP contribution is -2.21. The van der Waals surface area contributed by atoms with Crippen LogP contribution in [0, 0.1) is 0 Å². The van der Waals surface area contributed by atoms with Crippen LogP contribution >= 0.6 is 11.8 Å². The second-order valence-corrected chi connectivity index (χ2v) is 8.85. The Kier molecular flexibility index (Phi) is 5.04. The maximum absolute atomic E-state index is 12.9. The average Bonchev–Trinajstić information content (AvgIpc) is 3.53. The van der Waals surface area contributed by atoms with Crippen LogP contribution in [0.15, 0.2) is 82.6 Å². The molecule has 2 aromatic heterocycles. The van der Waals surface area contributed by atoms with E-state index in [0.29, 0.717) is 28.3 Å². The van der Waals surface area contributed by atoms with Crippen LogP contribution < -0.4 is 5.32 Å². The van der Waals surface area contributed by atoms with Gasteiger partial charge in [-0.2, -0.15) is 0 Å². The van der Waals surface area contributed by atoms with Crippen LogP contribution in [0.1, 0.15) is 31.8 Å². The van der Waals surface area contributed by atoms with Gasteiger partial charge in [0.15, 0.2) is 11.6 Å². The van der Waals surface area contributed by atoms with Gasteiger partial charge < -0.3 is 14.7 Å². The molecule has 0 bridgehead atoms. The summed E-state index contributed by atoms with van der Waals surface area (Å²) >= 11 is 1.11. The molecule has 170 valence electrons. The topological polar surface area (TPSA) is 118 Å². The lowest BCUT2D eigenvalue weighted by molar-refractivity contribution is -0.113. The molecule has 0 spiro atoms. The molecule has 1 aliphatic carbocycles. The number of nitrogens with zero attached hydrogens (tertiary/aromatic N) is 2. The van der Waals surface area contributed by atoms with Gasteiger partial charge in [0.25, 0.3) is 11.1 Å². The molecule has 0 saturated carbocycles. The Morgan fingerprint density at radius 1 is 0.857 bits per heavy atom. The summed E-state index contributed by atoms with van der Waals surface area (Å²) in [5, 5.41) is 12.1. The third-order valence-corrected chi connectivity index (χ3v) is 6.58. The molecule has 0 aliphatic heterocycles. The normalized spacial score (nSPS) is 12.5. The second-order valence-electron chi connectivity index (χ2n) is 7.92. The second kappa shape index (κ2) is 8.37. The number of hydrogen-bond acceptors (Lipinski definition) is 7. The number of para-hydroxylation sites is 1. The van der Waals surface area contributed by atoms with E-state index in [9.17, 15) is 14.4 Å². The predicted octanol–water partition coefficient (Wildman–Crippen LogP) is 4.72. The number of carbonyl (C=O) groups excluding carboxylic acids is 3. The molecule has 6 rings (SSSR count).